The van der Waals surface area contributed by atoms with E-state index in [1.54, 1.807) is 0 Å². The minimum atomic E-state index is -3.54. The third-order valence-corrected chi connectivity index (χ3v) is 10.2. The predicted octanol–water partition coefficient (Wildman–Crippen LogP) is 1.35. The second-order valence-corrected chi connectivity index (χ2v) is 12.9. The number of hydrogen-bond acceptors (Lipinski definition) is 6. The van der Waals surface area contributed by atoms with Crippen LogP contribution in [0.15, 0.2) is 59.5 Å². The zero-order chi connectivity index (χ0) is 24.9. The van der Waals surface area contributed by atoms with E-state index in [-0.39, 0.29) is 22.8 Å². The SMILES string of the molecule is O=C(NCCS(=O)(=O)N1CCN(Cc2ccccc2)CC1)c1ccc(S(=O)(=O)N2CCCC2)cc1. The Bertz CT molecular complexity index is 1200. The molecule has 0 atom stereocenters. The molecule has 4 rings (SSSR count). The van der Waals surface area contributed by atoms with Crippen LogP contribution in [-0.4, -0.2) is 87.8 Å². The molecule has 2 aliphatic rings. The van der Waals surface area contributed by atoms with Crippen molar-refractivity contribution in [3.8, 4) is 0 Å². The van der Waals surface area contributed by atoms with Gasteiger partial charge in [0.1, 0.15) is 0 Å². The summed E-state index contributed by atoms with van der Waals surface area (Å²) in [5, 5.41) is 2.63. The molecule has 35 heavy (non-hydrogen) atoms. The Morgan fingerprint density at radius 2 is 1.40 bits per heavy atom. The smallest absolute Gasteiger partial charge is 0.251 e. The van der Waals surface area contributed by atoms with Crippen molar-refractivity contribution in [1.29, 1.82) is 0 Å². The van der Waals surface area contributed by atoms with Gasteiger partial charge in [-0.1, -0.05) is 30.3 Å². The Hall–Kier alpha value is -2.31. The third kappa shape index (κ3) is 6.47. The van der Waals surface area contributed by atoms with Gasteiger partial charge in [-0.3, -0.25) is 9.69 Å². The second kappa shape index (κ2) is 11.2. The van der Waals surface area contributed by atoms with Crippen LogP contribution in [0.25, 0.3) is 0 Å². The Balaban J connectivity index is 1.23. The van der Waals surface area contributed by atoms with E-state index in [1.165, 1.54) is 38.4 Å². The van der Waals surface area contributed by atoms with Gasteiger partial charge in [-0.25, -0.2) is 16.8 Å². The van der Waals surface area contributed by atoms with Crippen molar-refractivity contribution >= 4 is 26.0 Å². The summed E-state index contributed by atoms with van der Waals surface area (Å²) in [7, 11) is -7.02. The van der Waals surface area contributed by atoms with E-state index in [1.807, 2.05) is 18.2 Å². The lowest BCUT2D eigenvalue weighted by atomic mass is 10.2. The van der Waals surface area contributed by atoms with Gasteiger partial charge in [0.25, 0.3) is 5.91 Å². The van der Waals surface area contributed by atoms with Gasteiger partial charge < -0.3 is 5.32 Å². The Kier molecular flexibility index (Phi) is 8.23. The van der Waals surface area contributed by atoms with Gasteiger partial charge in [-0.2, -0.15) is 8.61 Å². The minimum absolute atomic E-state index is 0.0147. The van der Waals surface area contributed by atoms with Gasteiger partial charge >= 0.3 is 0 Å². The van der Waals surface area contributed by atoms with Gasteiger partial charge in [0, 0.05) is 57.9 Å². The summed E-state index contributed by atoms with van der Waals surface area (Å²) in [6, 6.07) is 15.9. The summed E-state index contributed by atoms with van der Waals surface area (Å²) in [4.78, 5) is 14.8. The number of carbonyl (C=O) groups is 1. The number of nitrogens with one attached hydrogen (secondary N) is 1. The van der Waals surface area contributed by atoms with Crippen LogP contribution in [0.5, 0.6) is 0 Å². The molecular formula is C24H32N4O5S2. The van der Waals surface area contributed by atoms with Crippen LogP contribution in [0.3, 0.4) is 0 Å². The summed E-state index contributed by atoms with van der Waals surface area (Å²) in [5.74, 6) is -0.614. The van der Waals surface area contributed by atoms with E-state index in [9.17, 15) is 21.6 Å². The van der Waals surface area contributed by atoms with E-state index in [0.717, 1.165) is 19.4 Å². The summed E-state index contributed by atoms with van der Waals surface area (Å²) in [6.45, 7) is 3.98. The van der Waals surface area contributed by atoms with Crippen molar-refractivity contribution in [2.24, 2.45) is 0 Å². The quantitative estimate of drug-likeness (QED) is 0.535. The van der Waals surface area contributed by atoms with Crippen molar-refractivity contribution < 1.29 is 21.6 Å². The van der Waals surface area contributed by atoms with Crippen LogP contribution in [0.1, 0.15) is 28.8 Å². The Labute approximate surface area is 207 Å². The van der Waals surface area contributed by atoms with Gasteiger partial charge in [0.05, 0.1) is 10.6 Å². The van der Waals surface area contributed by atoms with Crippen LogP contribution >= 0.6 is 0 Å². The van der Waals surface area contributed by atoms with Gasteiger partial charge in [0.2, 0.25) is 20.0 Å². The predicted molar refractivity (Wildman–Crippen MR) is 134 cm³/mol. The molecular weight excluding hydrogens is 488 g/mol. The first-order chi connectivity index (χ1) is 16.8. The maximum atomic E-state index is 12.7. The normalized spacial score (nSPS) is 18.5. The molecule has 2 heterocycles. The molecule has 1 N–H and O–H groups in total. The summed E-state index contributed by atoms with van der Waals surface area (Å²) >= 11 is 0. The lowest BCUT2D eigenvalue weighted by molar-refractivity contribution is 0.0956. The average molecular weight is 521 g/mol. The molecule has 0 bridgehead atoms. The standard InChI is InChI=1S/C24H32N4O5S2/c29-24(22-8-10-23(11-9-22)35(32,33)28-13-4-5-14-28)25-12-19-34(30,31)27-17-15-26(16-18-27)20-21-6-2-1-3-7-21/h1-3,6-11H,4-5,12-20H2,(H,25,29). The molecule has 0 spiro atoms. The molecule has 190 valence electrons. The monoisotopic (exact) mass is 520 g/mol. The first kappa shape index (κ1) is 25.8. The highest BCUT2D eigenvalue weighted by Gasteiger charge is 2.28. The van der Waals surface area contributed by atoms with Crippen LogP contribution in [-0.2, 0) is 26.6 Å². The summed E-state index contributed by atoms with van der Waals surface area (Å²) in [5.41, 5.74) is 1.49. The van der Waals surface area contributed by atoms with Crippen molar-refractivity contribution in [3.05, 3.63) is 65.7 Å². The number of carbonyl (C=O) groups excluding carboxylic acids is 1. The fourth-order valence-electron chi connectivity index (χ4n) is 4.39. The number of piperazine rings is 1. The molecule has 9 nitrogen and oxygen atoms in total. The second-order valence-electron chi connectivity index (χ2n) is 8.87. The Morgan fingerprint density at radius 3 is 2.03 bits per heavy atom. The fraction of sp³-hybridized carbons (Fsp3) is 0.458. The maximum Gasteiger partial charge on any atom is 0.251 e. The molecule has 2 saturated heterocycles. The molecule has 0 radical (unpaired) electrons. The van der Waals surface area contributed by atoms with Crippen molar-refractivity contribution in [3.63, 3.8) is 0 Å². The molecule has 0 aliphatic carbocycles. The number of rotatable bonds is 9. The Morgan fingerprint density at radius 1 is 0.771 bits per heavy atom. The van der Waals surface area contributed by atoms with Gasteiger partial charge in [0.15, 0.2) is 0 Å². The molecule has 2 fully saturated rings. The summed E-state index contributed by atoms with van der Waals surface area (Å²) < 4.78 is 53.6. The maximum absolute atomic E-state index is 12.7. The highest BCUT2D eigenvalue weighted by atomic mass is 32.2. The lowest BCUT2D eigenvalue weighted by Gasteiger charge is -2.34. The van der Waals surface area contributed by atoms with E-state index in [4.69, 9.17) is 0 Å². The topological polar surface area (TPSA) is 107 Å². The number of nitrogens with zero attached hydrogens (tertiary/aromatic N) is 3. The fourth-order valence-corrected chi connectivity index (χ4v) is 7.24. The number of amides is 1. The molecule has 0 aromatic heterocycles. The number of hydrogen-bond donors (Lipinski definition) is 1. The van der Waals surface area contributed by atoms with Crippen LogP contribution in [0.4, 0.5) is 0 Å². The molecule has 2 aliphatic heterocycles. The van der Waals surface area contributed by atoms with Crippen molar-refractivity contribution in [1.82, 2.24) is 18.8 Å². The van der Waals surface area contributed by atoms with E-state index in [0.29, 0.717) is 39.3 Å². The van der Waals surface area contributed by atoms with Crippen molar-refractivity contribution in [2.45, 2.75) is 24.3 Å². The number of sulfonamides is 2. The van der Waals surface area contributed by atoms with E-state index in [2.05, 4.69) is 22.3 Å². The number of benzene rings is 2. The molecule has 11 heteroatoms. The molecule has 2 aromatic carbocycles. The highest BCUT2D eigenvalue weighted by molar-refractivity contribution is 7.89. The highest BCUT2D eigenvalue weighted by Crippen LogP contribution is 2.21. The first-order valence-electron chi connectivity index (χ1n) is 11.9. The van der Waals surface area contributed by atoms with Crippen LogP contribution in [0.2, 0.25) is 0 Å². The van der Waals surface area contributed by atoms with Crippen molar-refractivity contribution in [2.75, 3.05) is 51.6 Å². The average Bonchev–Trinajstić information content (AvgIpc) is 3.41. The first-order valence-corrected chi connectivity index (χ1v) is 14.9. The van der Waals surface area contributed by atoms with E-state index >= 15 is 0 Å². The molecule has 1 amide bonds. The van der Waals surface area contributed by atoms with Gasteiger partial charge in [-0.05, 0) is 42.7 Å². The largest absolute Gasteiger partial charge is 0.351 e. The van der Waals surface area contributed by atoms with Crippen LogP contribution in [0, 0.1) is 0 Å². The summed E-state index contributed by atoms with van der Waals surface area (Å²) in [6.07, 6.45) is 1.71. The molecule has 0 unspecified atom stereocenters. The van der Waals surface area contributed by atoms with E-state index < -0.39 is 26.0 Å². The molecule has 2 aromatic rings. The van der Waals surface area contributed by atoms with Gasteiger partial charge in [-0.15, -0.1) is 0 Å². The third-order valence-electron chi connectivity index (χ3n) is 6.44. The zero-order valence-electron chi connectivity index (χ0n) is 19.7. The zero-order valence-corrected chi connectivity index (χ0v) is 21.3. The lowest BCUT2D eigenvalue weighted by Crippen LogP contribution is -2.49. The molecule has 0 saturated carbocycles. The van der Waals surface area contributed by atoms with Crippen LogP contribution < -0.4 is 5.32 Å². The minimum Gasteiger partial charge on any atom is -0.351 e.